The summed E-state index contributed by atoms with van der Waals surface area (Å²) in [5.74, 6) is 0. The fourth-order valence-electron chi connectivity index (χ4n) is 1.96. The van der Waals surface area contributed by atoms with E-state index in [1.54, 1.807) is 0 Å². The molecule has 2 rings (SSSR count). The van der Waals surface area contributed by atoms with E-state index < -0.39 is 12.2 Å². The van der Waals surface area contributed by atoms with Crippen LogP contribution in [0.25, 0.3) is 0 Å². The van der Waals surface area contributed by atoms with Gasteiger partial charge in [0.1, 0.15) is 0 Å². The van der Waals surface area contributed by atoms with Gasteiger partial charge in [0.25, 0.3) is 0 Å². The van der Waals surface area contributed by atoms with Crippen molar-refractivity contribution in [1.82, 2.24) is 0 Å². The van der Waals surface area contributed by atoms with Crippen LogP contribution in [0.3, 0.4) is 0 Å². The molecule has 1 aromatic rings. The highest BCUT2D eigenvalue weighted by Crippen LogP contribution is 2.24. The van der Waals surface area contributed by atoms with Crippen LogP contribution in [-0.2, 0) is 6.54 Å². The Hall–Kier alpha value is -1.10. The molecule has 15 heavy (non-hydrogen) atoms. The summed E-state index contributed by atoms with van der Waals surface area (Å²) in [4.78, 5) is 1.97. The molecule has 0 radical (unpaired) electrons. The predicted octanol–water partition coefficient (Wildman–Crippen LogP) is -0.313. The van der Waals surface area contributed by atoms with Crippen molar-refractivity contribution in [3.05, 3.63) is 29.8 Å². The molecule has 1 heterocycles. The van der Waals surface area contributed by atoms with Gasteiger partial charge >= 0.3 is 0 Å². The maximum atomic E-state index is 9.47. The standard InChI is InChI=1S/C11H16N2O2/c12-5-8-3-1-2-4-9(8)13-6-10(14)11(15)7-13/h1-4,10-11,14-15H,5-7,12H2. The molecule has 1 aromatic carbocycles. The normalized spacial score (nSPS) is 25.9. The molecule has 0 aromatic heterocycles. The molecule has 0 spiro atoms. The molecule has 0 amide bonds. The van der Waals surface area contributed by atoms with E-state index in [-0.39, 0.29) is 0 Å². The summed E-state index contributed by atoms with van der Waals surface area (Å²) >= 11 is 0. The van der Waals surface area contributed by atoms with Crippen molar-refractivity contribution in [2.24, 2.45) is 5.73 Å². The molecular weight excluding hydrogens is 192 g/mol. The van der Waals surface area contributed by atoms with Gasteiger partial charge < -0.3 is 20.8 Å². The molecule has 4 N–H and O–H groups in total. The number of rotatable bonds is 2. The van der Waals surface area contributed by atoms with Gasteiger partial charge in [-0.2, -0.15) is 0 Å². The Kier molecular flexibility index (Phi) is 2.90. The first kappa shape index (κ1) is 10.4. The van der Waals surface area contributed by atoms with Gasteiger partial charge in [0.2, 0.25) is 0 Å². The van der Waals surface area contributed by atoms with E-state index in [1.807, 2.05) is 29.2 Å². The number of nitrogens with two attached hydrogens (primary N) is 1. The zero-order chi connectivity index (χ0) is 10.8. The minimum absolute atomic E-state index is 0.470. The van der Waals surface area contributed by atoms with Gasteiger partial charge in [-0.3, -0.25) is 0 Å². The zero-order valence-corrected chi connectivity index (χ0v) is 8.50. The van der Waals surface area contributed by atoms with Gasteiger partial charge in [-0.15, -0.1) is 0 Å². The van der Waals surface area contributed by atoms with Crippen LogP contribution in [0.2, 0.25) is 0 Å². The fraction of sp³-hybridized carbons (Fsp3) is 0.455. The Morgan fingerprint density at radius 1 is 1.20 bits per heavy atom. The number of aliphatic hydroxyl groups is 2. The van der Waals surface area contributed by atoms with Crippen LogP contribution in [-0.4, -0.2) is 35.5 Å². The third-order valence-corrected chi connectivity index (χ3v) is 2.81. The lowest BCUT2D eigenvalue weighted by atomic mass is 10.1. The molecular formula is C11H16N2O2. The Balaban J connectivity index is 2.23. The highest BCUT2D eigenvalue weighted by Gasteiger charge is 2.30. The summed E-state index contributed by atoms with van der Waals surface area (Å²) in [5, 5.41) is 18.9. The van der Waals surface area contributed by atoms with E-state index >= 15 is 0 Å². The highest BCUT2D eigenvalue weighted by atomic mass is 16.3. The minimum atomic E-state index is -0.657. The second-order valence-electron chi connectivity index (χ2n) is 3.87. The van der Waals surface area contributed by atoms with E-state index in [1.165, 1.54) is 0 Å². The van der Waals surface area contributed by atoms with Crippen molar-refractivity contribution in [3.63, 3.8) is 0 Å². The molecule has 4 heteroatoms. The largest absolute Gasteiger partial charge is 0.389 e. The van der Waals surface area contributed by atoms with E-state index in [9.17, 15) is 10.2 Å². The lowest BCUT2D eigenvalue weighted by Crippen LogP contribution is -2.22. The maximum Gasteiger partial charge on any atom is 0.0990 e. The van der Waals surface area contributed by atoms with E-state index in [4.69, 9.17) is 5.73 Å². The van der Waals surface area contributed by atoms with E-state index in [0.717, 1.165) is 11.3 Å². The molecule has 82 valence electrons. The highest BCUT2D eigenvalue weighted by molar-refractivity contribution is 5.54. The summed E-state index contributed by atoms with van der Waals surface area (Å²) in [7, 11) is 0. The molecule has 0 bridgehead atoms. The minimum Gasteiger partial charge on any atom is -0.389 e. The first-order valence-electron chi connectivity index (χ1n) is 5.11. The Bertz CT molecular complexity index is 333. The van der Waals surface area contributed by atoms with Crippen molar-refractivity contribution in [2.75, 3.05) is 18.0 Å². The van der Waals surface area contributed by atoms with Crippen molar-refractivity contribution in [2.45, 2.75) is 18.8 Å². The summed E-state index contributed by atoms with van der Waals surface area (Å²) < 4.78 is 0. The van der Waals surface area contributed by atoms with Crippen LogP contribution in [0, 0.1) is 0 Å². The number of para-hydroxylation sites is 1. The molecule has 1 aliphatic heterocycles. The summed E-state index contributed by atoms with van der Waals surface area (Å²) in [6.07, 6.45) is -1.31. The van der Waals surface area contributed by atoms with E-state index in [2.05, 4.69) is 0 Å². The van der Waals surface area contributed by atoms with Gasteiger partial charge in [-0.25, -0.2) is 0 Å². The number of hydrogen-bond donors (Lipinski definition) is 3. The van der Waals surface area contributed by atoms with Crippen LogP contribution in [0.5, 0.6) is 0 Å². The van der Waals surface area contributed by atoms with Gasteiger partial charge in [0.15, 0.2) is 0 Å². The Labute approximate surface area is 88.9 Å². The predicted molar refractivity (Wildman–Crippen MR) is 58.6 cm³/mol. The third-order valence-electron chi connectivity index (χ3n) is 2.81. The molecule has 0 aliphatic carbocycles. The average Bonchev–Trinajstić information content (AvgIpc) is 2.59. The molecule has 2 atom stereocenters. The topological polar surface area (TPSA) is 69.7 Å². The summed E-state index contributed by atoms with van der Waals surface area (Å²) in [6.45, 7) is 1.41. The molecule has 0 saturated carbocycles. The second kappa shape index (κ2) is 4.18. The maximum absolute atomic E-state index is 9.47. The Morgan fingerprint density at radius 2 is 1.80 bits per heavy atom. The van der Waals surface area contributed by atoms with E-state index in [0.29, 0.717) is 19.6 Å². The molecule has 2 unspecified atom stereocenters. The van der Waals surface area contributed by atoms with Crippen LogP contribution >= 0.6 is 0 Å². The van der Waals surface area contributed by atoms with Gasteiger partial charge in [-0.05, 0) is 11.6 Å². The SMILES string of the molecule is NCc1ccccc1N1CC(O)C(O)C1. The second-order valence-corrected chi connectivity index (χ2v) is 3.87. The molecule has 1 aliphatic rings. The zero-order valence-electron chi connectivity index (χ0n) is 8.50. The third kappa shape index (κ3) is 1.97. The molecule has 1 saturated heterocycles. The first-order valence-corrected chi connectivity index (χ1v) is 5.11. The van der Waals surface area contributed by atoms with Gasteiger partial charge in [0.05, 0.1) is 12.2 Å². The summed E-state index contributed by atoms with van der Waals surface area (Å²) in [6, 6.07) is 7.81. The monoisotopic (exact) mass is 208 g/mol. The van der Waals surface area contributed by atoms with Crippen molar-refractivity contribution < 1.29 is 10.2 Å². The van der Waals surface area contributed by atoms with Gasteiger partial charge in [0, 0.05) is 25.3 Å². The quantitative estimate of drug-likeness (QED) is 0.623. The number of β-amino-alcohol motifs (C(OH)–C–C–N with tert-alkyl or cyclic N) is 2. The van der Waals surface area contributed by atoms with Crippen molar-refractivity contribution in [3.8, 4) is 0 Å². The molecule has 1 fully saturated rings. The lowest BCUT2D eigenvalue weighted by molar-refractivity contribution is 0.0572. The van der Waals surface area contributed by atoms with Crippen molar-refractivity contribution in [1.29, 1.82) is 0 Å². The van der Waals surface area contributed by atoms with Crippen LogP contribution in [0.4, 0.5) is 5.69 Å². The van der Waals surface area contributed by atoms with Crippen LogP contribution in [0.15, 0.2) is 24.3 Å². The van der Waals surface area contributed by atoms with Crippen LogP contribution < -0.4 is 10.6 Å². The fourth-order valence-corrected chi connectivity index (χ4v) is 1.96. The smallest absolute Gasteiger partial charge is 0.0990 e. The number of aliphatic hydroxyl groups excluding tert-OH is 2. The van der Waals surface area contributed by atoms with Crippen LogP contribution in [0.1, 0.15) is 5.56 Å². The number of anilines is 1. The first-order chi connectivity index (χ1) is 7.22. The summed E-state index contributed by atoms with van der Waals surface area (Å²) in [5.41, 5.74) is 7.69. The number of nitrogens with zero attached hydrogens (tertiary/aromatic N) is 1. The Morgan fingerprint density at radius 3 is 2.40 bits per heavy atom. The molecule has 4 nitrogen and oxygen atoms in total. The van der Waals surface area contributed by atoms with Gasteiger partial charge in [-0.1, -0.05) is 18.2 Å². The average molecular weight is 208 g/mol. The van der Waals surface area contributed by atoms with Crippen molar-refractivity contribution >= 4 is 5.69 Å². The number of hydrogen-bond acceptors (Lipinski definition) is 4. The lowest BCUT2D eigenvalue weighted by Gasteiger charge is -2.20. The number of benzene rings is 1.